The number of ketones is 1. The SMILES string of the molecule is CC(=O)c1ccc(N2CCN(C(=S)NC[C@H]3CCCO3)CC2)cc1. The molecule has 2 saturated heterocycles. The lowest BCUT2D eigenvalue weighted by Crippen LogP contribution is -2.52. The van der Waals surface area contributed by atoms with E-state index >= 15 is 0 Å². The van der Waals surface area contributed by atoms with E-state index in [1.54, 1.807) is 6.92 Å². The number of Topliss-reactive ketones (excluding diaryl/α,β-unsaturated/α-hetero) is 1. The van der Waals surface area contributed by atoms with E-state index in [0.717, 1.165) is 68.5 Å². The number of ether oxygens (including phenoxy) is 1. The van der Waals surface area contributed by atoms with Crippen LogP contribution in [0.5, 0.6) is 0 Å². The van der Waals surface area contributed by atoms with Gasteiger partial charge in [-0.25, -0.2) is 0 Å². The van der Waals surface area contributed by atoms with Crippen molar-refractivity contribution in [2.24, 2.45) is 0 Å². The van der Waals surface area contributed by atoms with Crippen molar-refractivity contribution in [2.45, 2.75) is 25.9 Å². The Labute approximate surface area is 149 Å². The maximum Gasteiger partial charge on any atom is 0.169 e. The Morgan fingerprint density at radius 2 is 1.96 bits per heavy atom. The topological polar surface area (TPSA) is 44.8 Å². The minimum atomic E-state index is 0.106. The second kappa shape index (κ2) is 7.94. The van der Waals surface area contributed by atoms with Crippen LogP contribution in [0.4, 0.5) is 5.69 Å². The Morgan fingerprint density at radius 1 is 1.25 bits per heavy atom. The van der Waals surface area contributed by atoms with Crippen LogP contribution in [-0.4, -0.2) is 61.2 Å². The van der Waals surface area contributed by atoms with Gasteiger partial charge in [-0.05, 0) is 56.2 Å². The summed E-state index contributed by atoms with van der Waals surface area (Å²) in [5.74, 6) is 0.106. The zero-order chi connectivity index (χ0) is 16.9. The number of carbonyl (C=O) groups excluding carboxylic acids is 1. The summed E-state index contributed by atoms with van der Waals surface area (Å²) in [6.45, 7) is 6.96. The molecule has 1 aromatic carbocycles. The fourth-order valence-electron chi connectivity index (χ4n) is 3.19. The van der Waals surface area contributed by atoms with Gasteiger partial charge in [0.05, 0.1) is 6.10 Å². The molecule has 2 heterocycles. The molecule has 0 radical (unpaired) electrons. The maximum atomic E-state index is 11.4. The number of carbonyl (C=O) groups is 1. The Balaban J connectivity index is 1.46. The van der Waals surface area contributed by atoms with Crippen LogP contribution in [0.15, 0.2) is 24.3 Å². The number of anilines is 1. The molecular formula is C18H25N3O2S. The first-order valence-electron chi connectivity index (χ1n) is 8.64. The highest BCUT2D eigenvalue weighted by atomic mass is 32.1. The predicted molar refractivity (Wildman–Crippen MR) is 99.8 cm³/mol. The van der Waals surface area contributed by atoms with Crippen molar-refractivity contribution in [1.29, 1.82) is 0 Å². The molecule has 6 heteroatoms. The summed E-state index contributed by atoms with van der Waals surface area (Å²) >= 11 is 5.51. The summed E-state index contributed by atoms with van der Waals surface area (Å²) in [7, 11) is 0. The number of benzene rings is 1. The second-order valence-electron chi connectivity index (χ2n) is 6.40. The van der Waals surface area contributed by atoms with E-state index in [9.17, 15) is 4.79 Å². The standard InChI is InChI=1S/C18H25N3O2S/c1-14(22)15-4-6-16(7-5-15)20-8-10-21(11-9-20)18(24)19-13-17-3-2-12-23-17/h4-7,17H,2-3,8-13H2,1H3,(H,19,24)/t17-/m1/s1. The highest BCUT2D eigenvalue weighted by molar-refractivity contribution is 7.80. The third-order valence-corrected chi connectivity index (χ3v) is 5.11. The normalized spacial score (nSPS) is 21.0. The van der Waals surface area contributed by atoms with Crippen LogP contribution in [0.25, 0.3) is 0 Å². The molecule has 1 N–H and O–H groups in total. The van der Waals surface area contributed by atoms with E-state index < -0.39 is 0 Å². The molecule has 1 aromatic rings. The number of rotatable bonds is 4. The fourth-order valence-corrected chi connectivity index (χ4v) is 3.46. The van der Waals surface area contributed by atoms with Crippen molar-refractivity contribution in [3.63, 3.8) is 0 Å². The van der Waals surface area contributed by atoms with Gasteiger partial charge in [-0.2, -0.15) is 0 Å². The van der Waals surface area contributed by atoms with Gasteiger partial charge < -0.3 is 19.9 Å². The highest BCUT2D eigenvalue weighted by Crippen LogP contribution is 2.18. The average molecular weight is 347 g/mol. The van der Waals surface area contributed by atoms with Crippen LogP contribution in [-0.2, 0) is 4.74 Å². The van der Waals surface area contributed by atoms with Gasteiger partial charge >= 0.3 is 0 Å². The van der Waals surface area contributed by atoms with Crippen molar-refractivity contribution >= 4 is 28.8 Å². The monoisotopic (exact) mass is 347 g/mol. The van der Waals surface area contributed by atoms with Gasteiger partial charge in [-0.1, -0.05) is 0 Å². The summed E-state index contributed by atoms with van der Waals surface area (Å²) in [6.07, 6.45) is 2.59. The average Bonchev–Trinajstić information content (AvgIpc) is 3.13. The number of nitrogens with one attached hydrogen (secondary N) is 1. The molecule has 0 saturated carbocycles. The molecule has 0 aliphatic carbocycles. The molecule has 1 atom stereocenters. The molecule has 24 heavy (non-hydrogen) atoms. The summed E-state index contributed by atoms with van der Waals surface area (Å²) < 4.78 is 5.62. The number of piperazine rings is 1. The van der Waals surface area contributed by atoms with E-state index in [2.05, 4.69) is 15.1 Å². The number of thiocarbonyl (C=S) groups is 1. The molecule has 0 aromatic heterocycles. The molecule has 2 aliphatic rings. The Hall–Kier alpha value is -1.66. The molecular weight excluding hydrogens is 322 g/mol. The van der Waals surface area contributed by atoms with Crippen molar-refractivity contribution in [3.05, 3.63) is 29.8 Å². The molecule has 2 fully saturated rings. The maximum absolute atomic E-state index is 11.4. The number of nitrogens with zero attached hydrogens (tertiary/aromatic N) is 2. The van der Waals surface area contributed by atoms with Crippen LogP contribution in [0.3, 0.4) is 0 Å². The summed E-state index contributed by atoms with van der Waals surface area (Å²) in [5, 5.41) is 4.18. The molecule has 2 aliphatic heterocycles. The first kappa shape index (κ1) is 17.2. The zero-order valence-electron chi connectivity index (χ0n) is 14.2. The Kier molecular flexibility index (Phi) is 5.68. The minimum absolute atomic E-state index is 0.106. The first-order valence-corrected chi connectivity index (χ1v) is 9.04. The van der Waals surface area contributed by atoms with Gasteiger partial charge in [0, 0.05) is 50.6 Å². The molecule has 0 amide bonds. The molecule has 3 rings (SSSR count). The van der Waals surface area contributed by atoms with Gasteiger partial charge in [-0.3, -0.25) is 4.79 Å². The van der Waals surface area contributed by atoms with Gasteiger partial charge in [0.15, 0.2) is 10.9 Å². The van der Waals surface area contributed by atoms with E-state index in [-0.39, 0.29) is 5.78 Å². The number of hydrogen-bond donors (Lipinski definition) is 1. The largest absolute Gasteiger partial charge is 0.376 e. The van der Waals surface area contributed by atoms with Crippen LogP contribution in [0.2, 0.25) is 0 Å². The van der Waals surface area contributed by atoms with Crippen molar-refractivity contribution in [2.75, 3.05) is 44.2 Å². The van der Waals surface area contributed by atoms with Crippen LogP contribution >= 0.6 is 12.2 Å². The van der Waals surface area contributed by atoms with Crippen LogP contribution in [0, 0.1) is 0 Å². The molecule has 130 valence electrons. The van der Waals surface area contributed by atoms with Crippen LogP contribution in [0.1, 0.15) is 30.1 Å². The van der Waals surface area contributed by atoms with Crippen LogP contribution < -0.4 is 10.2 Å². The third-order valence-electron chi connectivity index (χ3n) is 4.71. The Bertz CT molecular complexity index is 576. The lowest BCUT2D eigenvalue weighted by molar-refractivity contribution is 0.101. The van der Waals surface area contributed by atoms with Gasteiger partial charge in [0.2, 0.25) is 0 Å². The van der Waals surface area contributed by atoms with Gasteiger partial charge in [0.1, 0.15) is 0 Å². The van der Waals surface area contributed by atoms with Crippen molar-refractivity contribution in [1.82, 2.24) is 10.2 Å². The lowest BCUT2D eigenvalue weighted by atomic mass is 10.1. The van der Waals surface area contributed by atoms with Gasteiger partial charge in [-0.15, -0.1) is 0 Å². The van der Waals surface area contributed by atoms with E-state index in [1.807, 2.05) is 24.3 Å². The zero-order valence-corrected chi connectivity index (χ0v) is 15.0. The van der Waals surface area contributed by atoms with Gasteiger partial charge in [0.25, 0.3) is 0 Å². The quantitative estimate of drug-likeness (QED) is 0.664. The summed E-state index contributed by atoms with van der Waals surface area (Å²) in [5.41, 5.74) is 1.93. The first-order chi connectivity index (χ1) is 11.6. The minimum Gasteiger partial charge on any atom is -0.376 e. The highest BCUT2D eigenvalue weighted by Gasteiger charge is 2.21. The number of hydrogen-bond acceptors (Lipinski definition) is 4. The molecule has 0 bridgehead atoms. The predicted octanol–water partition coefficient (Wildman–Crippen LogP) is 2.06. The summed E-state index contributed by atoms with van der Waals surface area (Å²) in [4.78, 5) is 15.9. The summed E-state index contributed by atoms with van der Waals surface area (Å²) in [6, 6.07) is 7.86. The molecule has 0 spiro atoms. The third kappa shape index (κ3) is 4.24. The van der Waals surface area contributed by atoms with E-state index in [4.69, 9.17) is 17.0 Å². The van der Waals surface area contributed by atoms with E-state index in [0.29, 0.717) is 6.10 Å². The second-order valence-corrected chi connectivity index (χ2v) is 6.78. The Morgan fingerprint density at radius 3 is 2.54 bits per heavy atom. The molecule has 5 nitrogen and oxygen atoms in total. The van der Waals surface area contributed by atoms with E-state index in [1.165, 1.54) is 0 Å². The molecule has 0 unspecified atom stereocenters. The van der Waals surface area contributed by atoms with Crippen molar-refractivity contribution < 1.29 is 9.53 Å². The lowest BCUT2D eigenvalue weighted by Gasteiger charge is -2.37. The van der Waals surface area contributed by atoms with Crippen molar-refractivity contribution in [3.8, 4) is 0 Å². The smallest absolute Gasteiger partial charge is 0.169 e. The fraction of sp³-hybridized carbons (Fsp3) is 0.556.